The molecule has 0 fully saturated rings. The molecule has 4 N–H and O–H groups in total. The standard InChI is InChI=1S/C4H9N3O/c1-2-3(5)7-4(6)8/h2H2,1H3,(H4,5,6,7,8). The fourth-order valence-corrected chi connectivity index (χ4v) is 0.237. The monoisotopic (exact) mass is 115 g/mol. The number of primary amides is 1. The molecule has 0 aliphatic heterocycles. The SMILES string of the molecule is CCC(=N)NC(N)=O. The summed E-state index contributed by atoms with van der Waals surface area (Å²) in [6.45, 7) is 1.76. The van der Waals surface area contributed by atoms with Gasteiger partial charge < -0.3 is 5.73 Å². The van der Waals surface area contributed by atoms with E-state index < -0.39 is 6.03 Å². The molecule has 46 valence electrons. The van der Waals surface area contributed by atoms with Gasteiger partial charge in [0.25, 0.3) is 0 Å². The van der Waals surface area contributed by atoms with E-state index in [1.807, 2.05) is 0 Å². The van der Waals surface area contributed by atoms with Crippen molar-refractivity contribution in [3.05, 3.63) is 0 Å². The lowest BCUT2D eigenvalue weighted by Gasteiger charge is -1.96. The summed E-state index contributed by atoms with van der Waals surface area (Å²) in [6, 6.07) is -0.670. The number of hydrogen-bond acceptors (Lipinski definition) is 2. The first kappa shape index (κ1) is 6.94. The Kier molecular flexibility index (Phi) is 2.61. The molecular formula is C4H9N3O. The van der Waals surface area contributed by atoms with Gasteiger partial charge in [-0.3, -0.25) is 10.7 Å². The largest absolute Gasteiger partial charge is 0.351 e. The minimum Gasteiger partial charge on any atom is -0.351 e. The molecule has 2 amide bonds. The first-order valence-electron chi connectivity index (χ1n) is 2.30. The second kappa shape index (κ2) is 3.01. The quantitative estimate of drug-likeness (QED) is 0.327. The Morgan fingerprint density at radius 1 is 1.88 bits per heavy atom. The fraction of sp³-hybridized carbons (Fsp3) is 0.500. The third kappa shape index (κ3) is 3.14. The predicted octanol–water partition coefficient (Wildman–Crippen LogP) is 0.0420. The van der Waals surface area contributed by atoms with Gasteiger partial charge in [0, 0.05) is 6.42 Å². The lowest BCUT2D eigenvalue weighted by atomic mass is 10.4. The van der Waals surface area contributed by atoms with Gasteiger partial charge in [-0.05, 0) is 0 Å². The van der Waals surface area contributed by atoms with Gasteiger partial charge in [0.05, 0.1) is 0 Å². The molecule has 0 atom stereocenters. The molecule has 0 unspecified atom stereocenters. The summed E-state index contributed by atoms with van der Waals surface area (Å²) in [7, 11) is 0. The number of nitrogens with one attached hydrogen (secondary N) is 2. The van der Waals surface area contributed by atoms with Crippen LogP contribution in [0.25, 0.3) is 0 Å². The van der Waals surface area contributed by atoms with Crippen LogP contribution in [-0.2, 0) is 0 Å². The summed E-state index contributed by atoms with van der Waals surface area (Å²) in [6.07, 6.45) is 0.503. The maximum absolute atomic E-state index is 9.94. The zero-order valence-electron chi connectivity index (χ0n) is 4.69. The van der Waals surface area contributed by atoms with Crippen LogP contribution in [0.4, 0.5) is 4.79 Å². The fourth-order valence-electron chi connectivity index (χ4n) is 0.237. The highest BCUT2D eigenvalue weighted by molar-refractivity contribution is 5.94. The predicted molar refractivity (Wildman–Crippen MR) is 30.7 cm³/mol. The Morgan fingerprint density at radius 3 is 2.50 bits per heavy atom. The lowest BCUT2D eigenvalue weighted by molar-refractivity contribution is 0.253. The Balaban J connectivity index is 3.40. The Labute approximate surface area is 47.6 Å². The number of carbonyl (C=O) groups excluding carboxylic acids is 1. The van der Waals surface area contributed by atoms with Crippen molar-refractivity contribution in [1.29, 1.82) is 5.41 Å². The second-order valence-corrected chi connectivity index (χ2v) is 1.32. The van der Waals surface area contributed by atoms with Crippen molar-refractivity contribution in [2.75, 3.05) is 0 Å². The molecule has 0 aromatic rings. The molecule has 0 spiro atoms. The summed E-state index contributed by atoms with van der Waals surface area (Å²) in [5.74, 6) is 0.150. The minimum absolute atomic E-state index is 0.150. The molecule has 0 aliphatic carbocycles. The van der Waals surface area contributed by atoms with Crippen LogP contribution in [-0.4, -0.2) is 11.9 Å². The zero-order chi connectivity index (χ0) is 6.57. The number of urea groups is 1. The van der Waals surface area contributed by atoms with Gasteiger partial charge >= 0.3 is 6.03 Å². The summed E-state index contributed by atoms with van der Waals surface area (Å²) in [5.41, 5.74) is 4.68. The van der Waals surface area contributed by atoms with E-state index in [0.29, 0.717) is 6.42 Å². The van der Waals surface area contributed by atoms with E-state index in [0.717, 1.165) is 0 Å². The molecule has 0 saturated carbocycles. The zero-order valence-corrected chi connectivity index (χ0v) is 4.69. The maximum atomic E-state index is 9.94. The average molecular weight is 115 g/mol. The molecule has 0 saturated heterocycles. The number of rotatable bonds is 1. The number of amides is 2. The number of hydrogen-bond donors (Lipinski definition) is 3. The molecule has 0 aliphatic rings. The van der Waals surface area contributed by atoms with E-state index >= 15 is 0 Å². The van der Waals surface area contributed by atoms with Gasteiger partial charge in [-0.15, -0.1) is 0 Å². The average Bonchev–Trinajstić information content (AvgIpc) is 1.65. The van der Waals surface area contributed by atoms with Crippen LogP contribution in [0.3, 0.4) is 0 Å². The third-order valence-electron chi connectivity index (χ3n) is 0.628. The Bertz CT molecular complexity index is 110. The Hall–Kier alpha value is -1.06. The van der Waals surface area contributed by atoms with Gasteiger partial charge in [0.2, 0.25) is 0 Å². The van der Waals surface area contributed by atoms with Gasteiger partial charge in [-0.1, -0.05) is 6.92 Å². The van der Waals surface area contributed by atoms with Crippen molar-refractivity contribution < 1.29 is 4.79 Å². The highest BCUT2D eigenvalue weighted by Crippen LogP contribution is 1.72. The molecule has 4 heteroatoms. The molecule has 0 aromatic heterocycles. The molecule has 0 rings (SSSR count). The third-order valence-corrected chi connectivity index (χ3v) is 0.628. The van der Waals surface area contributed by atoms with Crippen LogP contribution in [0, 0.1) is 5.41 Å². The van der Waals surface area contributed by atoms with E-state index in [1.165, 1.54) is 0 Å². The number of carbonyl (C=O) groups is 1. The van der Waals surface area contributed by atoms with Crippen LogP contribution in [0.15, 0.2) is 0 Å². The maximum Gasteiger partial charge on any atom is 0.317 e. The molecule has 4 nitrogen and oxygen atoms in total. The molecular weight excluding hydrogens is 106 g/mol. The van der Waals surface area contributed by atoms with E-state index in [1.54, 1.807) is 6.92 Å². The first-order chi connectivity index (χ1) is 3.66. The van der Waals surface area contributed by atoms with Crippen molar-refractivity contribution in [3.63, 3.8) is 0 Å². The van der Waals surface area contributed by atoms with Crippen LogP contribution < -0.4 is 11.1 Å². The van der Waals surface area contributed by atoms with Crippen molar-refractivity contribution in [1.82, 2.24) is 5.32 Å². The lowest BCUT2D eigenvalue weighted by Crippen LogP contribution is -2.33. The van der Waals surface area contributed by atoms with Gasteiger partial charge in [-0.25, -0.2) is 4.79 Å². The van der Waals surface area contributed by atoms with Crippen LogP contribution in [0.2, 0.25) is 0 Å². The van der Waals surface area contributed by atoms with Crippen molar-refractivity contribution in [3.8, 4) is 0 Å². The van der Waals surface area contributed by atoms with Crippen molar-refractivity contribution >= 4 is 11.9 Å². The minimum atomic E-state index is -0.670. The Morgan fingerprint density at radius 2 is 2.38 bits per heavy atom. The highest BCUT2D eigenvalue weighted by atomic mass is 16.2. The number of amidine groups is 1. The van der Waals surface area contributed by atoms with Gasteiger partial charge in [-0.2, -0.15) is 0 Å². The van der Waals surface area contributed by atoms with Gasteiger partial charge in [0.1, 0.15) is 5.84 Å². The van der Waals surface area contributed by atoms with E-state index in [9.17, 15) is 4.79 Å². The smallest absolute Gasteiger partial charge is 0.317 e. The van der Waals surface area contributed by atoms with Gasteiger partial charge in [0.15, 0.2) is 0 Å². The molecule has 0 bridgehead atoms. The van der Waals surface area contributed by atoms with E-state index in [-0.39, 0.29) is 5.84 Å². The van der Waals surface area contributed by atoms with Crippen molar-refractivity contribution in [2.45, 2.75) is 13.3 Å². The normalized spacial score (nSPS) is 8.12. The summed E-state index contributed by atoms with van der Waals surface area (Å²) >= 11 is 0. The van der Waals surface area contributed by atoms with Crippen molar-refractivity contribution in [2.24, 2.45) is 5.73 Å². The van der Waals surface area contributed by atoms with E-state index in [2.05, 4.69) is 11.1 Å². The van der Waals surface area contributed by atoms with E-state index in [4.69, 9.17) is 5.41 Å². The van der Waals surface area contributed by atoms with Crippen LogP contribution in [0.5, 0.6) is 0 Å². The topological polar surface area (TPSA) is 79.0 Å². The summed E-state index contributed by atoms with van der Waals surface area (Å²) < 4.78 is 0. The highest BCUT2D eigenvalue weighted by Gasteiger charge is 1.92. The first-order valence-corrected chi connectivity index (χ1v) is 2.30. The number of nitrogens with two attached hydrogens (primary N) is 1. The molecule has 8 heavy (non-hydrogen) atoms. The van der Waals surface area contributed by atoms with Crippen LogP contribution in [0.1, 0.15) is 13.3 Å². The second-order valence-electron chi connectivity index (χ2n) is 1.32. The molecule has 0 radical (unpaired) electrons. The van der Waals surface area contributed by atoms with Crippen LogP contribution >= 0.6 is 0 Å². The summed E-state index contributed by atoms with van der Waals surface area (Å²) in [5, 5.41) is 8.97. The molecule has 0 aromatic carbocycles. The molecule has 0 heterocycles. The summed E-state index contributed by atoms with van der Waals surface area (Å²) in [4.78, 5) is 9.94.